The summed E-state index contributed by atoms with van der Waals surface area (Å²) in [6, 6.07) is 0.367. The molecule has 2 N–H and O–H groups in total. The lowest BCUT2D eigenvalue weighted by molar-refractivity contribution is 0.278. The summed E-state index contributed by atoms with van der Waals surface area (Å²) in [5.41, 5.74) is 0. The fourth-order valence-electron chi connectivity index (χ4n) is 2.78. The molecule has 1 aromatic heterocycles. The van der Waals surface area contributed by atoms with Crippen molar-refractivity contribution in [2.45, 2.75) is 57.0 Å². The van der Waals surface area contributed by atoms with Gasteiger partial charge in [-0.15, -0.1) is 0 Å². The molecule has 0 saturated heterocycles. The second-order valence-corrected chi connectivity index (χ2v) is 6.74. The van der Waals surface area contributed by atoms with Gasteiger partial charge >= 0.3 is 0 Å². The number of nitrogens with zero attached hydrogens (tertiary/aromatic N) is 2. The van der Waals surface area contributed by atoms with Crippen LogP contribution in [0.4, 0.5) is 0 Å². The van der Waals surface area contributed by atoms with Gasteiger partial charge < -0.3 is 4.57 Å². The van der Waals surface area contributed by atoms with Crippen molar-refractivity contribution in [1.29, 1.82) is 0 Å². The molecule has 2 atom stereocenters. The van der Waals surface area contributed by atoms with E-state index in [2.05, 4.69) is 11.9 Å². The number of rotatable bonds is 3. The maximum atomic E-state index is 11.4. The summed E-state index contributed by atoms with van der Waals surface area (Å²) in [6.07, 6.45) is 6.97. The number of primary sulfonamides is 1. The highest BCUT2D eigenvalue weighted by Crippen LogP contribution is 2.33. The Balaban J connectivity index is 2.34. The zero-order valence-electron chi connectivity index (χ0n) is 11.0. The second-order valence-electron chi connectivity index (χ2n) is 5.23. The van der Waals surface area contributed by atoms with E-state index in [0.717, 1.165) is 25.1 Å². The van der Waals surface area contributed by atoms with Crippen LogP contribution in [-0.4, -0.2) is 18.0 Å². The standard InChI is InChI=1S/C12H21N3O2S/c1-3-11-14-12(18(13,16)17)8-15(11)10-6-4-5-9(2)7-10/h8-10H,3-7H2,1-2H3,(H2,13,16,17). The van der Waals surface area contributed by atoms with Gasteiger partial charge in [-0.2, -0.15) is 0 Å². The number of imidazole rings is 1. The van der Waals surface area contributed by atoms with Crippen molar-refractivity contribution in [1.82, 2.24) is 9.55 Å². The Morgan fingerprint density at radius 1 is 1.50 bits per heavy atom. The maximum Gasteiger partial charge on any atom is 0.257 e. The number of aromatic nitrogens is 2. The Labute approximate surface area is 108 Å². The van der Waals surface area contributed by atoms with E-state index >= 15 is 0 Å². The van der Waals surface area contributed by atoms with Crippen LogP contribution in [0, 0.1) is 5.92 Å². The van der Waals surface area contributed by atoms with E-state index in [1.807, 2.05) is 11.5 Å². The highest BCUT2D eigenvalue weighted by Gasteiger charge is 2.24. The third-order valence-corrected chi connectivity index (χ3v) is 4.48. The molecule has 1 saturated carbocycles. The average molecular weight is 271 g/mol. The SMILES string of the molecule is CCc1nc(S(N)(=O)=O)cn1C1CCCC(C)C1. The van der Waals surface area contributed by atoms with E-state index < -0.39 is 10.0 Å². The molecule has 5 nitrogen and oxygen atoms in total. The first-order chi connectivity index (χ1) is 8.41. The number of aryl methyl sites for hydroxylation is 1. The summed E-state index contributed by atoms with van der Waals surface area (Å²) in [4.78, 5) is 4.15. The van der Waals surface area contributed by atoms with Crippen LogP contribution < -0.4 is 5.14 Å². The smallest absolute Gasteiger partial charge is 0.257 e. The first-order valence-electron chi connectivity index (χ1n) is 6.52. The van der Waals surface area contributed by atoms with Crippen LogP contribution in [0.2, 0.25) is 0 Å². The molecule has 0 bridgehead atoms. The quantitative estimate of drug-likeness (QED) is 0.911. The molecule has 6 heteroatoms. The number of hydrogen-bond donors (Lipinski definition) is 1. The summed E-state index contributed by atoms with van der Waals surface area (Å²) in [5.74, 6) is 1.51. The Morgan fingerprint density at radius 3 is 2.78 bits per heavy atom. The largest absolute Gasteiger partial charge is 0.330 e. The number of hydrogen-bond acceptors (Lipinski definition) is 3. The van der Waals surface area contributed by atoms with Crippen molar-refractivity contribution in [2.24, 2.45) is 11.1 Å². The van der Waals surface area contributed by atoms with Crippen molar-refractivity contribution >= 4 is 10.0 Å². The van der Waals surface area contributed by atoms with Crippen LogP contribution in [0.3, 0.4) is 0 Å². The lowest BCUT2D eigenvalue weighted by Crippen LogP contribution is -2.18. The van der Waals surface area contributed by atoms with E-state index in [4.69, 9.17) is 5.14 Å². The Hall–Kier alpha value is -0.880. The van der Waals surface area contributed by atoms with Crippen molar-refractivity contribution in [2.75, 3.05) is 0 Å². The second kappa shape index (κ2) is 5.01. The minimum Gasteiger partial charge on any atom is -0.330 e. The van der Waals surface area contributed by atoms with Crippen molar-refractivity contribution in [3.8, 4) is 0 Å². The van der Waals surface area contributed by atoms with Crippen LogP contribution in [-0.2, 0) is 16.4 Å². The molecule has 0 spiro atoms. The Kier molecular flexibility index (Phi) is 3.77. The van der Waals surface area contributed by atoms with E-state index in [0.29, 0.717) is 12.0 Å². The molecule has 1 aliphatic carbocycles. The van der Waals surface area contributed by atoms with Crippen LogP contribution >= 0.6 is 0 Å². The Morgan fingerprint density at radius 2 is 2.22 bits per heavy atom. The first-order valence-corrected chi connectivity index (χ1v) is 8.07. The van der Waals surface area contributed by atoms with Gasteiger partial charge in [-0.3, -0.25) is 0 Å². The van der Waals surface area contributed by atoms with Crippen LogP contribution in [0.5, 0.6) is 0 Å². The molecule has 1 aromatic rings. The van der Waals surface area contributed by atoms with Gasteiger partial charge in [0.2, 0.25) is 0 Å². The van der Waals surface area contributed by atoms with E-state index in [9.17, 15) is 8.42 Å². The zero-order valence-corrected chi connectivity index (χ0v) is 11.8. The maximum absolute atomic E-state index is 11.4. The van der Waals surface area contributed by atoms with Crippen LogP contribution in [0.15, 0.2) is 11.2 Å². The van der Waals surface area contributed by atoms with Gasteiger partial charge in [0.05, 0.1) is 0 Å². The molecular formula is C12H21N3O2S. The molecule has 18 heavy (non-hydrogen) atoms. The minimum absolute atomic E-state index is 0.00224. The topological polar surface area (TPSA) is 78.0 Å². The lowest BCUT2D eigenvalue weighted by atomic mass is 9.87. The molecule has 1 aliphatic rings. The van der Waals surface area contributed by atoms with Gasteiger partial charge in [-0.05, 0) is 18.8 Å². The molecule has 2 unspecified atom stereocenters. The minimum atomic E-state index is -3.70. The van der Waals surface area contributed by atoms with Crippen molar-refractivity contribution < 1.29 is 8.42 Å². The monoisotopic (exact) mass is 271 g/mol. The van der Waals surface area contributed by atoms with Gasteiger partial charge in [-0.25, -0.2) is 18.5 Å². The molecule has 102 valence electrons. The van der Waals surface area contributed by atoms with Gasteiger partial charge in [-0.1, -0.05) is 26.7 Å². The predicted molar refractivity (Wildman–Crippen MR) is 69.6 cm³/mol. The summed E-state index contributed by atoms with van der Waals surface area (Å²) < 4.78 is 24.8. The van der Waals surface area contributed by atoms with Crippen LogP contribution in [0.25, 0.3) is 0 Å². The summed E-state index contributed by atoms with van der Waals surface area (Å²) >= 11 is 0. The fraction of sp³-hybridized carbons (Fsp3) is 0.750. The number of sulfonamides is 1. The highest BCUT2D eigenvalue weighted by molar-refractivity contribution is 7.89. The van der Waals surface area contributed by atoms with E-state index in [1.165, 1.54) is 12.8 Å². The molecule has 1 heterocycles. The first kappa shape index (κ1) is 13.5. The molecular weight excluding hydrogens is 250 g/mol. The molecule has 0 radical (unpaired) electrons. The molecule has 2 rings (SSSR count). The van der Waals surface area contributed by atoms with Crippen LogP contribution in [0.1, 0.15) is 51.4 Å². The summed E-state index contributed by atoms with van der Waals surface area (Å²) in [7, 11) is -3.70. The highest BCUT2D eigenvalue weighted by atomic mass is 32.2. The lowest BCUT2D eigenvalue weighted by Gasteiger charge is -2.28. The molecule has 0 amide bonds. The fourth-order valence-corrected chi connectivity index (χ4v) is 3.27. The van der Waals surface area contributed by atoms with Crippen molar-refractivity contribution in [3.05, 3.63) is 12.0 Å². The van der Waals surface area contributed by atoms with E-state index in [1.54, 1.807) is 6.20 Å². The van der Waals surface area contributed by atoms with Gasteiger partial charge in [0, 0.05) is 18.7 Å². The third-order valence-electron chi connectivity index (χ3n) is 3.70. The Bertz CT molecular complexity index is 521. The normalized spacial score (nSPS) is 25.3. The molecule has 1 fully saturated rings. The third kappa shape index (κ3) is 2.75. The average Bonchev–Trinajstić information content (AvgIpc) is 2.72. The van der Waals surface area contributed by atoms with Gasteiger partial charge in [0.25, 0.3) is 10.0 Å². The number of nitrogens with two attached hydrogens (primary N) is 1. The van der Waals surface area contributed by atoms with Gasteiger partial charge in [0.15, 0.2) is 5.03 Å². The summed E-state index contributed by atoms with van der Waals surface area (Å²) in [5, 5.41) is 5.14. The summed E-state index contributed by atoms with van der Waals surface area (Å²) in [6.45, 7) is 4.23. The molecule has 0 aromatic carbocycles. The molecule has 0 aliphatic heterocycles. The van der Waals surface area contributed by atoms with Crippen molar-refractivity contribution in [3.63, 3.8) is 0 Å². The predicted octanol–water partition coefficient (Wildman–Crippen LogP) is 1.84. The zero-order chi connectivity index (χ0) is 13.3. The van der Waals surface area contributed by atoms with E-state index in [-0.39, 0.29) is 5.03 Å². The van der Waals surface area contributed by atoms with Gasteiger partial charge in [0.1, 0.15) is 5.82 Å².